The van der Waals surface area contributed by atoms with Gasteiger partial charge in [-0.15, -0.1) is 0 Å². The van der Waals surface area contributed by atoms with E-state index in [9.17, 15) is 8.42 Å². The molecule has 0 aliphatic carbocycles. The van der Waals surface area contributed by atoms with Crippen molar-refractivity contribution < 1.29 is 13.2 Å². The van der Waals surface area contributed by atoms with Crippen LogP contribution in [0.1, 0.15) is 0 Å². The summed E-state index contributed by atoms with van der Waals surface area (Å²) in [6, 6.07) is 16.6. The number of anilines is 2. The number of benzene rings is 2. The van der Waals surface area contributed by atoms with Gasteiger partial charge in [-0.25, -0.2) is 13.4 Å². The Kier molecular flexibility index (Phi) is 5.27. The van der Waals surface area contributed by atoms with Crippen LogP contribution in [-0.4, -0.2) is 39.6 Å². The molecule has 0 unspecified atom stereocenters. The molecule has 0 radical (unpaired) electrons. The smallest absolute Gasteiger partial charge is 0.318 e. The molecule has 1 heterocycles. The topological polar surface area (TPSA) is 84.4 Å². The number of nitrogens with one attached hydrogen (secondary N) is 1. The Morgan fingerprint density at radius 2 is 1.59 bits per heavy atom. The minimum atomic E-state index is -3.79. The van der Waals surface area contributed by atoms with Crippen molar-refractivity contribution in [2.75, 3.05) is 30.8 Å². The van der Waals surface area contributed by atoms with Crippen molar-refractivity contribution in [2.45, 2.75) is 4.90 Å². The van der Waals surface area contributed by atoms with Gasteiger partial charge in [0, 0.05) is 14.1 Å². The van der Waals surface area contributed by atoms with Crippen LogP contribution in [0.25, 0.3) is 11.1 Å². The van der Waals surface area contributed by atoms with Crippen LogP contribution >= 0.6 is 0 Å². The Hall–Kier alpha value is -3.13. The second kappa shape index (κ2) is 7.63. The molecule has 0 bridgehead atoms. The average Bonchev–Trinajstić information content (AvgIpc) is 2.68. The fourth-order valence-electron chi connectivity index (χ4n) is 2.53. The second-order valence-electron chi connectivity index (χ2n) is 5.98. The first-order valence-electron chi connectivity index (χ1n) is 8.17. The molecule has 0 spiro atoms. The van der Waals surface area contributed by atoms with Crippen LogP contribution in [0, 0.1) is 0 Å². The summed E-state index contributed by atoms with van der Waals surface area (Å²) in [5.74, 6) is 0.409. The normalized spacial score (nSPS) is 11.1. The lowest BCUT2D eigenvalue weighted by Crippen LogP contribution is -2.19. The number of methoxy groups -OCH3 is 1. The molecule has 7 nitrogen and oxygen atoms in total. The van der Waals surface area contributed by atoms with Crippen molar-refractivity contribution in [1.29, 1.82) is 0 Å². The van der Waals surface area contributed by atoms with Gasteiger partial charge in [0.15, 0.2) is 5.82 Å². The van der Waals surface area contributed by atoms with Crippen molar-refractivity contribution in [3.05, 3.63) is 60.8 Å². The Morgan fingerprint density at radius 1 is 0.963 bits per heavy atom. The summed E-state index contributed by atoms with van der Waals surface area (Å²) in [6.07, 6.45) is 1.39. The predicted octanol–water partition coefficient (Wildman–Crippen LogP) is 3.02. The molecule has 0 aliphatic rings. The van der Waals surface area contributed by atoms with E-state index in [4.69, 9.17) is 4.74 Å². The second-order valence-corrected chi connectivity index (χ2v) is 7.67. The van der Waals surface area contributed by atoms with Gasteiger partial charge in [-0.1, -0.05) is 42.5 Å². The Labute approximate surface area is 158 Å². The number of hydrogen-bond acceptors (Lipinski definition) is 6. The first-order chi connectivity index (χ1) is 12.9. The third-order valence-corrected chi connectivity index (χ3v) is 5.25. The zero-order valence-corrected chi connectivity index (χ0v) is 16.1. The first kappa shape index (κ1) is 18.7. The summed E-state index contributed by atoms with van der Waals surface area (Å²) in [6.45, 7) is 0. The lowest BCUT2D eigenvalue weighted by Gasteiger charge is -2.17. The molecule has 27 heavy (non-hydrogen) atoms. The van der Waals surface area contributed by atoms with Gasteiger partial charge in [-0.2, -0.15) is 4.98 Å². The zero-order chi connectivity index (χ0) is 19.4. The molecule has 0 saturated heterocycles. The quantitative estimate of drug-likeness (QED) is 0.703. The molecule has 1 aromatic heterocycles. The molecule has 3 rings (SSSR count). The summed E-state index contributed by atoms with van der Waals surface area (Å²) in [4.78, 5) is 10.0. The maximum absolute atomic E-state index is 12.8. The SMILES string of the molecule is COc1ncc(NS(=O)(=O)c2ccc(-c3ccccc3)cc2)c(N(C)C)n1. The van der Waals surface area contributed by atoms with Crippen LogP contribution in [-0.2, 0) is 10.0 Å². The standard InChI is InChI=1S/C19H20N4O3S/c1-23(2)18-17(13-20-19(21-18)26-3)22-27(24,25)16-11-9-15(10-12-16)14-7-5-4-6-8-14/h4-13,22H,1-3H3. The Morgan fingerprint density at radius 3 is 2.19 bits per heavy atom. The van der Waals surface area contributed by atoms with Crippen LogP contribution in [0.4, 0.5) is 11.5 Å². The van der Waals surface area contributed by atoms with Crippen LogP contribution in [0.5, 0.6) is 6.01 Å². The van der Waals surface area contributed by atoms with E-state index in [2.05, 4.69) is 14.7 Å². The van der Waals surface area contributed by atoms with Crippen molar-refractivity contribution in [3.63, 3.8) is 0 Å². The molecule has 3 aromatic rings. The lowest BCUT2D eigenvalue weighted by atomic mass is 10.1. The molecule has 1 N–H and O–H groups in total. The molecule has 8 heteroatoms. The van der Waals surface area contributed by atoms with Crippen molar-refractivity contribution in [1.82, 2.24) is 9.97 Å². The molecule has 0 saturated carbocycles. The van der Waals surface area contributed by atoms with E-state index in [0.717, 1.165) is 11.1 Å². The Balaban J connectivity index is 1.89. The van der Waals surface area contributed by atoms with Crippen molar-refractivity contribution >= 4 is 21.5 Å². The van der Waals surface area contributed by atoms with Gasteiger partial charge in [0.2, 0.25) is 0 Å². The van der Waals surface area contributed by atoms with Crippen LogP contribution in [0.2, 0.25) is 0 Å². The van der Waals surface area contributed by atoms with Gasteiger partial charge in [-0.05, 0) is 23.3 Å². The molecule has 0 aliphatic heterocycles. The van der Waals surface area contributed by atoms with E-state index in [0.29, 0.717) is 5.82 Å². The van der Waals surface area contributed by atoms with Gasteiger partial charge in [0.25, 0.3) is 10.0 Å². The maximum Gasteiger partial charge on any atom is 0.318 e. The van der Waals surface area contributed by atoms with Gasteiger partial charge in [-0.3, -0.25) is 4.72 Å². The minimum Gasteiger partial charge on any atom is -0.467 e. The number of ether oxygens (including phenoxy) is 1. The van der Waals surface area contributed by atoms with E-state index in [-0.39, 0.29) is 16.6 Å². The lowest BCUT2D eigenvalue weighted by molar-refractivity contribution is 0.380. The predicted molar refractivity (Wildman–Crippen MR) is 106 cm³/mol. The molecule has 0 amide bonds. The molecule has 0 atom stereocenters. The zero-order valence-electron chi connectivity index (χ0n) is 15.2. The first-order valence-corrected chi connectivity index (χ1v) is 9.65. The number of hydrogen-bond donors (Lipinski definition) is 1. The average molecular weight is 384 g/mol. The summed E-state index contributed by atoms with van der Waals surface area (Å²) >= 11 is 0. The fraction of sp³-hybridized carbons (Fsp3) is 0.158. The van der Waals surface area contributed by atoms with Gasteiger partial charge >= 0.3 is 6.01 Å². The number of sulfonamides is 1. The number of aromatic nitrogens is 2. The monoisotopic (exact) mass is 384 g/mol. The largest absolute Gasteiger partial charge is 0.467 e. The van der Waals surface area contributed by atoms with Gasteiger partial charge in [0.05, 0.1) is 18.2 Å². The summed E-state index contributed by atoms with van der Waals surface area (Å²) in [5.41, 5.74) is 2.23. The minimum absolute atomic E-state index is 0.155. The molecule has 2 aromatic carbocycles. The van der Waals surface area contributed by atoms with Crippen molar-refractivity contribution in [3.8, 4) is 17.1 Å². The number of rotatable bonds is 6. The highest BCUT2D eigenvalue weighted by molar-refractivity contribution is 7.92. The van der Waals surface area contributed by atoms with Crippen LogP contribution < -0.4 is 14.4 Å². The van der Waals surface area contributed by atoms with E-state index in [1.54, 1.807) is 43.3 Å². The van der Waals surface area contributed by atoms with E-state index in [1.807, 2.05) is 30.3 Å². The van der Waals surface area contributed by atoms with E-state index < -0.39 is 10.0 Å². The van der Waals surface area contributed by atoms with E-state index >= 15 is 0 Å². The third kappa shape index (κ3) is 4.17. The molecule has 140 valence electrons. The molecular formula is C19H20N4O3S. The highest BCUT2D eigenvalue weighted by atomic mass is 32.2. The van der Waals surface area contributed by atoms with Crippen LogP contribution in [0.15, 0.2) is 65.7 Å². The third-order valence-electron chi connectivity index (χ3n) is 3.87. The maximum atomic E-state index is 12.8. The van der Waals surface area contributed by atoms with Gasteiger partial charge in [0.1, 0.15) is 5.69 Å². The molecular weight excluding hydrogens is 364 g/mol. The van der Waals surface area contributed by atoms with Gasteiger partial charge < -0.3 is 9.64 Å². The summed E-state index contributed by atoms with van der Waals surface area (Å²) < 4.78 is 33.1. The fourth-order valence-corrected chi connectivity index (χ4v) is 3.58. The highest BCUT2D eigenvalue weighted by Crippen LogP contribution is 2.27. The number of nitrogens with zero attached hydrogens (tertiary/aromatic N) is 3. The highest BCUT2D eigenvalue weighted by Gasteiger charge is 2.19. The summed E-state index contributed by atoms with van der Waals surface area (Å²) in [5, 5.41) is 0. The summed E-state index contributed by atoms with van der Waals surface area (Å²) in [7, 11) is 1.18. The van der Waals surface area contributed by atoms with E-state index in [1.165, 1.54) is 13.3 Å². The van der Waals surface area contributed by atoms with Crippen molar-refractivity contribution in [2.24, 2.45) is 0 Å². The Bertz CT molecular complexity index is 1020. The molecule has 0 fully saturated rings. The van der Waals surface area contributed by atoms with Crippen LogP contribution in [0.3, 0.4) is 0 Å².